The molecule has 0 aliphatic carbocycles. The summed E-state index contributed by atoms with van der Waals surface area (Å²) in [6.07, 6.45) is 2.04. The molecule has 0 unspecified atom stereocenters. The van der Waals surface area contributed by atoms with Gasteiger partial charge in [0.15, 0.2) is 0 Å². The van der Waals surface area contributed by atoms with Crippen molar-refractivity contribution in [2.24, 2.45) is 0 Å². The van der Waals surface area contributed by atoms with E-state index in [4.69, 9.17) is 0 Å². The van der Waals surface area contributed by atoms with E-state index in [-0.39, 0.29) is 5.91 Å². The maximum Gasteiger partial charge on any atom is 0.255 e. The first-order chi connectivity index (χ1) is 10.1. The van der Waals surface area contributed by atoms with Crippen LogP contribution < -0.4 is 0 Å². The van der Waals surface area contributed by atoms with Gasteiger partial charge >= 0.3 is 0 Å². The van der Waals surface area contributed by atoms with Crippen molar-refractivity contribution in [3.8, 4) is 0 Å². The van der Waals surface area contributed by atoms with Gasteiger partial charge in [-0.15, -0.1) is 12.6 Å². The summed E-state index contributed by atoms with van der Waals surface area (Å²) in [5.74, 6) is 0.0643. The summed E-state index contributed by atoms with van der Waals surface area (Å²) in [6.45, 7) is 1.47. The highest BCUT2D eigenvalue weighted by molar-refractivity contribution is 9.10. The number of carbonyl (C=O) groups is 1. The van der Waals surface area contributed by atoms with Crippen LogP contribution in [0.5, 0.6) is 0 Å². The van der Waals surface area contributed by atoms with Crippen LogP contribution in [0.4, 0.5) is 0 Å². The van der Waals surface area contributed by atoms with Gasteiger partial charge < -0.3 is 4.90 Å². The first kappa shape index (κ1) is 14.7. The highest BCUT2D eigenvalue weighted by Gasteiger charge is 2.21. The summed E-state index contributed by atoms with van der Waals surface area (Å²) >= 11 is 7.80. The molecule has 0 atom stereocenters. The van der Waals surface area contributed by atoms with Crippen LogP contribution in [-0.4, -0.2) is 17.4 Å². The van der Waals surface area contributed by atoms with Gasteiger partial charge in [-0.3, -0.25) is 4.79 Å². The zero-order valence-electron chi connectivity index (χ0n) is 11.6. The van der Waals surface area contributed by atoms with E-state index in [0.29, 0.717) is 12.1 Å². The number of nitrogens with zero attached hydrogens (tertiary/aromatic N) is 1. The highest BCUT2D eigenvalue weighted by Crippen LogP contribution is 2.25. The molecule has 2 aromatic rings. The third kappa shape index (κ3) is 3.16. The van der Waals surface area contributed by atoms with E-state index < -0.39 is 0 Å². The van der Waals surface area contributed by atoms with Crippen molar-refractivity contribution in [3.05, 3.63) is 63.6 Å². The number of amides is 1. The van der Waals surface area contributed by atoms with Crippen LogP contribution >= 0.6 is 28.6 Å². The number of carbonyl (C=O) groups excluding carboxylic acids is 1. The molecular formula is C17H16BrNOS. The third-order valence-corrected chi connectivity index (χ3v) is 4.79. The van der Waals surface area contributed by atoms with E-state index >= 15 is 0 Å². The fourth-order valence-electron chi connectivity index (χ4n) is 2.72. The van der Waals surface area contributed by atoms with Crippen LogP contribution in [0.25, 0.3) is 0 Å². The van der Waals surface area contributed by atoms with Crippen molar-refractivity contribution < 1.29 is 4.79 Å². The predicted molar refractivity (Wildman–Crippen MR) is 90.9 cm³/mol. The molecule has 1 amide bonds. The van der Waals surface area contributed by atoms with E-state index in [1.54, 1.807) is 0 Å². The van der Waals surface area contributed by atoms with Gasteiger partial charge in [-0.2, -0.15) is 0 Å². The lowest BCUT2D eigenvalue weighted by molar-refractivity contribution is 0.0744. The van der Waals surface area contributed by atoms with E-state index in [2.05, 4.69) is 46.8 Å². The summed E-state index contributed by atoms with van der Waals surface area (Å²) in [5, 5.41) is 0. The number of benzene rings is 2. The number of hydrogen-bond acceptors (Lipinski definition) is 2. The first-order valence-electron chi connectivity index (χ1n) is 7.00. The van der Waals surface area contributed by atoms with Crippen LogP contribution in [0, 0.1) is 0 Å². The number of fused-ring (bicyclic) bond motifs is 1. The van der Waals surface area contributed by atoms with Gasteiger partial charge in [0.05, 0.1) is 5.56 Å². The van der Waals surface area contributed by atoms with Crippen LogP contribution in [-0.2, 0) is 13.0 Å². The van der Waals surface area contributed by atoms with Gasteiger partial charge in [-0.25, -0.2) is 0 Å². The Balaban J connectivity index is 1.90. The van der Waals surface area contributed by atoms with Crippen molar-refractivity contribution in [1.29, 1.82) is 0 Å². The Labute approximate surface area is 138 Å². The molecule has 1 aliphatic heterocycles. The summed E-state index contributed by atoms with van der Waals surface area (Å²) in [5.41, 5.74) is 3.29. The Bertz CT molecular complexity index is 686. The molecule has 108 valence electrons. The molecule has 0 saturated carbocycles. The van der Waals surface area contributed by atoms with Crippen LogP contribution in [0.3, 0.4) is 0 Å². The van der Waals surface area contributed by atoms with Crippen molar-refractivity contribution in [1.82, 2.24) is 4.90 Å². The molecular weight excluding hydrogens is 346 g/mol. The Morgan fingerprint density at radius 1 is 1.14 bits per heavy atom. The standard InChI is InChI=1S/C17H16BrNOS/c18-16-8-7-14(21)10-15(16)17(20)19-9-3-6-12-4-1-2-5-13(12)11-19/h1-2,4-5,7-8,10,21H,3,6,9,11H2. The molecule has 1 aliphatic rings. The Hall–Kier alpha value is -1.26. The molecule has 1 heterocycles. The normalized spacial score (nSPS) is 14.5. The van der Waals surface area contributed by atoms with Crippen LogP contribution in [0.2, 0.25) is 0 Å². The maximum absolute atomic E-state index is 12.8. The smallest absolute Gasteiger partial charge is 0.255 e. The highest BCUT2D eigenvalue weighted by atomic mass is 79.9. The Morgan fingerprint density at radius 3 is 2.71 bits per heavy atom. The number of thiol groups is 1. The molecule has 0 bridgehead atoms. The molecule has 0 spiro atoms. The number of aryl methyl sites for hydroxylation is 1. The zero-order chi connectivity index (χ0) is 14.8. The van der Waals surface area contributed by atoms with Gasteiger partial charge in [0.25, 0.3) is 5.91 Å². The fourth-order valence-corrected chi connectivity index (χ4v) is 3.34. The summed E-state index contributed by atoms with van der Waals surface area (Å²) in [4.78, 5) is 15.5. The van der Waals surface area contributed by atoms with Crippen molar-refractivity contribution in [2.45, 2.75) is 24.3 Å². The van der Waals surface area contributed by atoms with Gasteiger partial charge in [0.2, 0.25) is 0 Å². The number of halogens is 1. The lowest BCUT2D eigenvalue weighted by Crippen LogP contribution is -2.31. The second kappa shape index (κ2) is 6.24. The van der Waals surface area contributed by atoms with Crippen LogP contribution in [0.1, 0.15) is 27.9 Å². The van der Waals surface area contributed by atoms with Gasteiger partial charge in [-0.1, -0.05) is 24.3 Å². The average Bonchev–Trinajstić information content (AvgIpc) is 2.71. The van der Waals surface area contributed by atoms with Crippen molar-refractivity contribution in [3.63, 3.8) is 0 Å². The van der Waals surface area contributed by atoms with Crippen molar-refractivity contribution >= 4 is 34.5 Å². The minimum Gasteiger partial charge on any atom is -0.334 e. The minimum absolute atomic E-state index is 0.0643. The Kier molecular flexibility index (Phi) is 4.36. The molecule has 2 nitrogen and oxygen atoms in total. The summed E-state index contributed by atoms with van der Waals surface area (Å²) in [6, 6.07) is 14.0. The topological polar surface area (TPSA) is 20.3 Å². The molecule has 2 aromatic carbocycles. The van der Waals surface area contributed by atoms with E-state index in [0.717, 1.165) is 28.8 Å². The monoisotopic (exact) mass is 361 g/mol. The van der Waals surface area contributed by atoms with E-state index in [9.17, 15) is 4.79 Å². The van der Waals surface area contributed by atoms with Crippen molar-refractivity contribution in [2.75, 3.05) is 6.54 Å². The second-order valence-electron chi connectivity index (χ2n) is 5.26. The second-order valence-corrected chi connectivity index (χ2v) is 6.63. The largest absolute Gasteiger partial charge is 0.334 e. The molecule has 0 fully saturated rings. The maximum atomic E-state index is 12.8. The predicted octanol–water partition coefficient (Wildman–Crippen LogP) is 4.33. The molecule has 0 aromatic heterocycles. The lowest BCUT2D eigenvalue weighted by Gasteiger charge is -2.21. The number of hydrogen-bond donors (Lipinski definition) is 1. The van der Waals surface area contributed by atoms with Crippen LogP contribution in [0.15, 0.2) is 51.8 Å². The molecule has 3 rings (SSSR count). The molecule has 0 N–H and O–H groups in total. The molecule has 0 saturated heterocycles. The summed E-state index contributed by atoms with van der Waals surface area (Å²) < 4.78 is 0.822. The van der Waals surface area contributed by atoms with Gasteiger partial charge in [0.1, 0.15) is 0 Å². The Morgan fingerprint density at radius 2 is 1.90 bits per heavy atom. The SMILES string of the molecule is O=C(c1cc(S)ccc1Br)N1CCCc2ccccc2C1. The zero-order valence-corrected chi connectivity index (χ0v) is 14.0. The average molecular weight is 362 g/mol. The number of rotatable bonds is 1. The van der Waals surface area contributed by atoms with Gasteiger partial charge in [0, 0.05) is 22.5 Å². The minimum atomic E-state index is 0.0643. The fraction of sp³-hybridized carbons (Fsp3) is 0.235. The van der Waals surface area contributed by atoms with E-state index in [1.165, 1.54) is 11.1 Å². The molecule has 0 radical (unpaired) electrons. The third-order valence-electron chi connectivity index (χ3n) is 3.82. The van der Waals surface area contributed by atoms with E-state index in [1.807, 2.05) is 29.2 Å². The molecule has 21 heavy (non-hydrogen) atoms. The lowest BCUT2D eigenvalue weighted by atomic mass is 10.0. The quantitative estimate of drug-likeness (QED) is 0.749. The van der Waals surface area contributed by atoms with Gasteiger partial charge in [-0.05, 0) is 58.1 Å². The molecule has 4 heteroatoms. The first-order valence-corrected chi connectivity index (χ1v) is 8.24. The summed E-state index contributed by atoms with van der Waals surface area (Å²) in [7, 11) is 0.